The Morgan fingerprint density at radius 3 is 2.57 bits per heavy atom. The number of nitrogens with one attached hydrogen (secondary N) is 1. The number of aromatic nitrogens is 2. The van der Waals surface area contributed by atoms with Crippen molar-refractivity contribution in [2.45, 2.75) is 25.7 Å². The third kappa shape index (κ3) is 7.42. The summed E-state index contributed by atoms with van der Waals surface area (Å²) >= 11 is 3.51. The molecule has 2 heterocycles. The molecule has 1 aliphatic heterocycles. The van der Waals surface area contributed by atoms with E-state index in [2.05, 4.69) is 36.1 Å². The summed E-state index contributed by atoms with van der Waals surface area (Å²) in [6.07, 6.45) is 6.03. The second-order valence-corrected chi connectivity index (χ2v) is 12.2. The van der Waals surface area contributed by atoms with Gasteiger partial charge in [-0.15, -0.1) is 0 Å². The van der Waals surface area contributed by atoms with E-state index in [-0.39, 0.29) is 0 Å². The molecule has 0 radical (unpaired) electrons. The molecule has 0 amide bonds. The number of anilines is 2. The van der Waals surface area contributed by atoms with E-state index in [0.717, 1.165) is 59.8 Å². The molecule has 2 aromatic carbocycles. The van der Waals surface area contributed by atoms with Gasteiger partial charge in [0.1, 0.15) is 18.4 Å². The van der Waals surface area contributed by atoms with Gasteiger partial charge in [-0.25, -0.2) is 9.97 Å². The molecule has 1 N–H and O–H groups in total. The molecule has 1 fully saturated rings. The van der Waals surface area contributed by atoms with Crippen molar-refractivity contribution in [3.63, 3.8) is 0 Å². The van der Waals surface area contributed by atoms with Gasteiger partial charge in [0, 0.05) is 35.8 Å². The van der Waals surface area contributed by atoms with Crippen LogP contribution < -0.4 is 14.8 Å². The third-order valence-corrected chi connectivity index (χ3v) is 9.01. The van der Waals surface area contributed by atoms with Crippen LogP contribution in [0.2, 0.25) is 0 Å². The van der Waals surface area contributed by atoms with E-state index < -0.39 is 7.60 Å². The van der Waals surface area contributed by atoms with Gasteiger partial charge in [0.15, 0.2) is 11.5 Å². The molecular weight excluding hydrogens is 559 g/mol. The van der Waals surface area contributed by atoms with Crippen LogP contribution in [-0.2, 0) is 13.6 Å². The zero-order valence-corrected chi connectivity index (χ0v) is 24.0. The lowest BCUT2D eigenvalue weighted by atomic mass is 9.93. The normalized spacial score (nSPS) is 15.1. The van der Waals surface area contributed by atoms with E-state index in [1.807, 2.05) is 36.4 Å². The Morgan fingerprint density at radius 2 is 1.86 bits per heavy atom. The summed E-state index contributed by atoms with van der Waals surface area (Å²) in [4.78, 5) is 11.0. The standard InChI is InChI=1S/C26H34BrN4O5P/c1-33-24-16-23-22(26(29-17-28-23)30-21-8-4-7-20(27)14-21)15-25(24)36-13-5-6-19-9-11-31(12-10-19)18-37(32,34-2)35-3/h4,7-8,14-17,19H,5-6,9-13,18H2,1-3H3,(H,28,29,30). The lowest BCUT2D eigenvalue weighted by Crippen LogP contribution is -2.34. The summed E-state index contributed by atoms with van der Waals surface area (Å²) in [6.45, 7) is 2.38. The van der Waals surface area contributed by atoms with Gasteiger partial charge in [0.25, 0.3) is 0 Å². The highest BCUT2D eigenvalue weighted by Gasteiger charge is 2.28. The molecular formula is C26H34BrN4O5P. The van der Waals surface area contributed by atoms with Crippen molar-refractivity contribution in [3.05, 3.63) is 47.2 Å². The van der Waals surface area contributed by atoms with Gasteiger partial charge in [-0.3, -0.25) is 9.46 Å². The van der Waals surface area contributed by atoms with E-state index in [9.17, 15) is 4.57 Å². The molecule has 0 bridgehead atoms. The van der Waals surface area contributed by atoms with Gasteiger partial charge in [-0.1, -0.05) is 22.0 Å². The number of ether oxygens (including phenoxy) is 2. The quantitative estimate of drug-likeness (QED) is 0.188. The van der Waals surface area contributed by atoms with Crippen LogP contribution in [0.1, 0.15) is 25.7 Å². The van der Waals surface area contributed by atoms with Gasteiger partial charge in [0.05, 0.1) is 19.2 Å². The number of nitrogens with zero attached hydrogens (tertiary/aromatic N) is 3. The van der Waals surface area contributed by atoms with Gasteiger partial charge < -0.3 is 23.8 Å². The average molecular weight is 593 g/mol. The smallest absolute Gasteiger partial charge is 0.344 e. The first-order valence-corrected chi connectivity index (χ1v) is 14.9. The minimum Gasteiger partial charge on any atom is -0.493 e. The van der Waals surface area contributed by atoms with Gasteiger partial charge in [0.2, 0.25) is 0 Å². The number of fused-ring (bicyclic) bond motifs is 1. The first-order valence-electron chi connectivity index (χ1n) is 12.3. The second kappa shape index (κ2) is 13.0. The Kier molecular flexibility index (Phi) is 9.78. The molecule has 200 valence electrons. The average Bonchev–Trinajstić information content (AvgIpc) is 2.91. The van der Waals surface area contributed by atoms with Crippen LogP contribution >= 0.6 is 23.5 Å². The third-order valence-electron chi connectivity index (χ3n) is 6.66. The maximum Gasteiger partial charge on any atom is 0.344 e. The number of methoxy groups -OCH3 is 1. The van der Waals surface area contributed by atoms with Gasteiger partial charge in [-0.05, 0) is 69.0 Å². The molecule has 0 atom stereocenters. The summed E-state index contributed by atoms with van der Waals surface area (Å²) in [5.41, 5.74) is 1.70. The number of likely N-dealkylation sites (tertiary alicyclic amines) is 1. The summed E-state index contributed by atoms with van der Waals surface area (Å²) in [6, 6.07) is 11.7. The molecule has 0 saturated carbocycles. The van der Waals surface area contributed by atoms with E-state index in [0.29, 0.717) is 36.1 Å². The predicted octanol–water partition coefficient (Wildman–Crippen LogP) is 6.46. The van der Waals surface area contributed by atoms with Crippen LogP contribution in [-0.4, -0.2) is 62.2 Å². The van der Waals surface area contributed by atoms with Crippen LogP contribution in [0.3, 0.4) is 0 Å². The summed E-state index contributed by atoms with van der Waals surface area (Å²) in [5.74, 6) is 2.64. The van der Waals surface area contributed by atoms with Crippen LogP contribution in [0.5, 0.6) is 11.5 Å². The molecule has 11 heteroatoms. The fourth-order valence-electron chi connectivity index (χ4n) is 4.54. The minimum absolute atomic E-state index is 0.347. The van der Waals surface area contributed by atoms with Crippen LogP contribution in [0, 0.1) is 5.92 Å². The van der Waals surface area contributed by atoms with E-state index in [1.165, 1.54) is 20.5 Å². The lowest BCUT2D eigenvalue weighted by molar-refractivity contribution is 0.173. The number of hydrogen-bond acceptors (Lipinski definition) is 9. The highest BCUT2D eigenvalue weighted by atomic mass is 79.9. The number of piperidine rings is 1. The van der Waals surface area contributed by atoms with Crippen molar-refractivity contribution in [2.75, 3.05) is 52.6 Å². The van der Waals surface area contributed by atoms with Crippen molar-refractivity contribution in [1.82, 2.24) is 14.9 Å². The fourth-order valence-corrected chi connectivity index (χ4v) is 6.10. The van der Waals surface area contributed by atoms with E-state index >= 15 is 0 Å². The molecule has 37 heavy (non-hydrogen) atoms. The topological polar surface area (TPSA) is 95.0 Å². The molecule has 9 nitrogen and oxygen atoms in total. The van der Waals surface area contributed by atoms with Crippen LogP contribution in [0.15, 0.2) is 47.2 Å². The van der Waals surface area contributed by atoms with Gasteiger partial charge >= 0.3 is 7.60 Å². The second-order valence-electron chi connectivity index (χ2n) is 9.05. The Hall–Kier alpha value is -2.23. The molecule has 1 saturated heterocycles. The summed E-state index contributed by atoms with van der Waals surface area (Å²) in [5, 5.41) is 4.23. The molecule has 0 spiro atoms. The maximum atomic E-state index is 12.4. The fraction of sp³-hybridized carbons (Fsp3) is 0.462. The number of rotatable bonds is 12. The highest BCUT2D eigenvalue weighted by Crippen LogP contribution is 2.47. The van der Waals surface area contributed by atoms with Gasteiger partial charge in [-0.2, -0.15) is 0 Å². The first-order chi connectivity index (χ1) is 17.9. The molecule has 4 rings (SSSR count). The highest BCUT2D eigenvalue weighted by molar-refractivity contribution is 9.10. The maximum absolute atomic E-state index is 12.4. The Bertz CT molecular complexity index is 1230. The monoisotopic (exact) mass is 592 g/mol. The number of benzene rings is 2. The zero-order valence-electron chi connectivity index (χ0n) is 21.5. The minimum atomic E-state index is -3.00. The summed E-state index contributed by atoms with van der Waals surface area (Å²) < 4.78 is 35.3. The van der Waals surface area contributed by atoms with E-state index in [4.69, 9.17) is 18.5 Å². The Morgan fingerprint density at radius 1 is 1.08 bits per heavy atom. The van der Waals surface area contributed by atoms with E-state index in [1.54, 1.807) is 7.11 Å². The van der Waals surface area contributed by atoms with Crippen LogP contribution in [0.4, 0.5) is 11.5 Å². The lowest BCUT2D eigenvalue weighted by Gasteiger charge is -2.33. The van der Waals surface area contributed by atoms with Crippen molar-refractivity contribution in [2.24, 2.45) is 5.92 Å². The molecule has 3 aromatic rings. The van der Waals surface area contributed by atoms with Crippen molar-refractivity contribution in [1.29, 1.82) is 0 Å². The largest absolute Gasteiger partial charge is 0.493 e. The molecule has 1 aromatic heterocycles. The predicted molar refractivity (Wildman–Crippen MR) is 149 cm³/mol. The zero-order chi connectivity index (χ0) is 26.3. The number of hydrogen-bond donors (Lipinski definition) is 1. The van der Waals surface area contributed by atoms with Crippen LogP contribution in [0.25, 0.3) is 10.9 Å². The molecule has 1 aliphatic rings. The number of halogens is 1. The van der Waals surface area contributed by atoms with Crippen molar-refractivity contribution >= 4 is 45.9 Å². The first kappa shape index (κ1) is 27.8. The Balaban J connectivity index is 1.33. The molecule has 0 aliphatic carbocycles. The SMILES string of the molecule is COc1cc2ncnc(Nc3cccc(Br)c3)c2cc1OCCCC1CCN(CP(=O)(OC)OC)CC1. The Labute approximate surface area is 226 Å². The molecule has 0 unspecified atom stereocenters. The summed E-state index contributed by atoms with van der Waals surface area (Å²) in [7, 11) is 1.51. The van der Waals surface area contributed by atoms with Crippen molar-refractivity contribution < 1.29 is 23.1 Å². The van der Waals surface area contributed by atoms with Crippen molar-refractivity contribution in [3.8, 4) is 11.5 Å².